The van der Waals surface area contributed by atoms with Gasteiger partial charge in [-0.3, -0.25) is 23.7 Å². The van der Waals surface area contributed by atoms with E-state index in [9.17, 15) is 24.1 Å². The first kappa shape index (κ1) is 28.6. The summed E-state index contributed by atoms with van der Waals surface area (Å²) in [6.45, 7) is 4.25. The van der Waals surface area contributed by atoms with Gasteiger partial charge in [-0.15, -0.1) is 0 Å². The number of aliphatic hydroxyl groups excluding tert-OH is 1. The number of rotatable bonds is 10. The summed E-state index contributed by atoms with van der Waals surface area (Å²) in [6, 6.07) is 8.12. The Kier molecular flexibility index (Phi) is 9.20. The second-order valence-electron chi connectivity index (χ2n) is 8.20. The van der Waals surface area contributed by atoms with Crippen LogP contribution in [0, 0.1) is 0 Å². The molecular formula is C21H26BrClN3O9P. The molecule has 1 aliphatic heterocycles. The first-order chi connectivity index (χ1) is 16.8. The molecule has 0 aliphatic carbocycles. The van der Waals surface area contributed by atoms with Gasteiger partial charge in [0, 0.05) is 12.3 Å². The lowest BCUT2D eigenvalue weighted by molar-refractivity contribution is -0.149. The van der Waals surface area contributed by atoms with E-state index in [1.807, 2.05) is 0 Å². The second-order valence-corrected chi connectivity index (χ2v) is 12.3. The number of aliphatic hydroxyl groups is 1. The van der Waals surface area contributed by atoms with E-state index < -0.39 is 65.9 Å². The zero-order valence-electron chi connectivity index (χ0n) is 19.5. The lowest BCUT2D eigenvalue weighted by atomic mass is 10.2. The maximum absolute atomic E-state index is 13.6. The number of nitrogens with zero attached hydrogens (tertiary/aromatic N) is 1. The van der Waals surface area contributed by atoms with Crippen molar-refractivity contribution in [1.29, 1.82) is 0 Å². The predicted octanol–water partition coefficient (Wildman–Crippen LogP) is 2.26. The van der Waals surface area contributed by atoms with Crippen LogP contribution in [0.5, 0.6) is 5.75 Å². The number of para-hydroxylation sites is 1. The first-order valence-electron chi connectivity index (χ1n) is 10.8. The SMILES string of the molecule is CC(C)OC(=O)[C@H](C)NP(=O)(OC[C@H]1O[C@@H](n2ccc(=O)[nH]c2=O)[C@@](Cl)(Br)[C@@H]1O)Oc1ccccc1. The van der Waals surface area contributed by atoms with Gasteiger partial charge in [-0.25, -0.2) is 9.36 Å². The van der Waals surface area contributed by atoms with E-state index in [1.54, 1.807) is 32.0 Å². The summed E-state index contributed by atoms with van der Waals surface area (Å²) in [5, 5.41) is 13.3. The van der Waals surface area contributed by atoms with Crippen molar-refractivity contribution in [2.45, 2.75) is 55.1 Å². The Morgan fingerprint density at radius 3 is 2.58 bits per heavy atom. The van der Waals surface area contributed by atoms with Crippen LogP contribution >= 0.6 is 35.3 Å². The van der Waals surface area contributed by atoms with Crippen LogP contribution in [0.15, 0.2) is 52.2 Å². The molecule has 15 heteroatoms. The number of H-pyrrole nitrogens is 1. The average molecular weight is 611 g/mol. The van der Waals surface area contributed by atoms with Crippen LogP contribution in [0.4, 0.5) is 0 Å². The van der Waals surface area contributed by atoms with Gasteiger partial charge in [0.05, 0.1) is 12.7 Å². The van der Waals surface area contributed by atoms with Crippen LogP contribution in [0.3, 0.4) is 0 Å². The molecule has 1 aromatic heterocycles. The zero-order valence-corrected chi connectivity index (χ0v) is 22.7. The number of hydrogen-bond donors (Lipinski definition) is 3. The molecule has 1 unspecified atom stereocenters. The van der Waals surface area contributed by atoms with Crippen molar-refractivity contribution >= 4 is 41.2 Å². The molecule has 1 aliphatic rings. The third kappa shape index (κ3) is 6.86. The molecule has 1 aromatic carbocycles. The highest BCUT2D eigenvalue weighted by molar-refractivity contribution is 9.10. The minimum atomic E-state index is -4.24. The third-order valence-corrected chi connectivity index (χ3v) is 7.83. The fraction of sp³-hybridized carbons (Fsp3) is 0.476. The lowest BCUT2D eigenvalue weighted by Crippen LogP contribution is -2.41. The number of carbonyl (C=O) groups is 1. The molecule has 0 bridgehead atoms. The molecule has 0 spiro atoms. The number of halogens is 2. The highest BCUT2D eigenvalue weighted by atomic mass is 79.9. The molecule has 36 heavy (non-hydrogen) atoms. The summed E-state index contributed by atoms with van der Waals surface area (Å²) in [5.74, 6) is -0.490. The highest BCUT2D eigenvalue weighted by Gasteiger charge is 2.55. The fourth-order valence-electron chi connectivity index (χ4n) is 3.22. The molecule has 0 radical (unpaired) electrons. The summed E-state index contributed by atoms with van der Waals surface area (Å²) in [4.78, 5) is 38.0. The van der Waals surface area contributed by atoms with E-state index in [-0.39, 0.29) is 5.75 Å². The molecule has 12 nitrogen and oxygen atoms in total. The maximum atomic E-state index is 13.6. The van der Waals surface area contributed by atoms with Crippen LogP contribution < -0.4 is 20.9 Å². The highest BCUT2D eigenvalue weighted by Crippen LogP contribution is 2.50. The molecule has 1 saturated heterocycles. The normalized spacial score (nSPS) is 26.4. The van der Waals surface area contributed by atoms with Gasteiger partial charge in [-0.2, -0.15) is 5.09 Å². The Balaban J connectivity index is 1.80. The minimum Gasteiger partial charge on any atom is -0.462 e. The van der Waals surface area contributed by atoms with E-state index in [1.165, 1.54) is 19.1 Å². The van der Waals surface area contributed by atoms with Crippen LogP contribution in [-0.2, 0) is 23.4 Å². The summed E-state index contributed by atoms with van der Waals surface area (Å²) in [5.41, 5.74) is -1.44. The molecule has 2 aromatic rings. The summed E-state index contributed by atoms with van der Waals surface area (Å²) >= 11 is 9.60. The van der Waals surface area contributed by atoms with Crippen molar-refractivity contribution in [3.63, 3.8) is 0 Å². The van der Waals surface area contributed by atoms with Crippen LogP contribution in [-0.4, -0.2) is 55.4 Å². The van der Waals surface area contributed by atoms with E-state index >= 15 is 0 Å². The summed E-state index contributed by atoms with van der Waals surface area (Å²) in [6.07, 6.45) is -3.17. The molecular weight excluding hydrogens is 585 g/mol. The molecule has 198 valence electrons. The zero-order chi connectivity index (χ0) is 26.7. The maximum Gasteiger partial charge on any atom is 0.459 e. The van der Waals surface area contributed by atoms with Crippen LogP contribution in [0.25, 0.3) is 0 Å². The van der Waals surface area contributed by atoms with Gasteiger partial charge in [-0.05, 0) is 32.9 Å². The number of esters is 1. The van der Waals surface area contributed by atoms with Gasteiger partial charge in [-0.1, -0.05) is 45.7 Å². The van der Waals surface area contributed by atoms with Crippen molar-refractivity contribution in [3.05, 3.63) is 63.4 Å². The van der Waals surface area contributed by atoms with E-state index in [4.69, 9.17) is 30.1 Å². The topological polar surface area (TPSA) is 158 Å². The van der Waals surface area contributed by atoms with Crippen molar-refractivity contribution in [1.82, 2.24) is 14.6 Å². The van der Waals surface area contributed by atoms with Gasteiger partial charge < -0.3 is 19.1 Å². The third-order valence-electron chi connectivity index (χ3n) is 4.92. The number of nitrogens with one attached hydrogen (secondary N) is 2. The quantitative estimate of drug-likeness (QED) is 0.207. The first-order valence-corrected chi connectivity index (χ1v) is 13.5. The Labute approximate surface area is 219 Å². The molecule has 0 saturated carbocycles. The lowest BCUT2D eigenvalue weighted by Gasteiger charge is -2.25. The van der Waals surface area contributed by atoms with Gasteiger partial charge in [0.1, 0.15) is 24.0 Å². The summed E-state index contributed by atoms with van der Waals surface area (Å²) < 4.78 is 34.9. The number of alkyl halides is 2. The number of aromatic nitrogens is 2. The molecule has 6 atom stereocenters. The number of benzene rings is 1. The smallest absolute Gasteiger partial charge is 0.459 e. The number of hydrogen-bond acceptors (Lipinski definition) is 9. The molecule has 1 fully saturated rings. The molecule has 0 amide bonds. The standard InChI is InChI=1S/C21H26BrClN3O9P/c1-12(2)33-18(29)13(3)25-36(31,35-14-7-5-4-6-8-14)32-11-15-17(28)21(22,23)19(34-15)26-10-9-16(27)24-20(26)30/h4-10,12-13,15,17,19,28H,11H2,1-3H3,(H,25,31)(H,24,27,30)/t13-,15+,17+,19+,21+,36?/m0/s1. The van der Waals surface area contributed by atoms with Gasteiger partial charge in [0.2, 0.25) is 0 Å². The Bertz CT molecular complexity index is 1220. The van der Waals surface area contributed by atoms with Crippen molar-refractivity contribution in [3.8, 4) is 5.75 Å². The van der Waals surface area contributed by atoms with Crippen molar-refractivity contribution < 1.29 is 33.0 Å². The average Bonchev–Trinajstić information content (AvgIpc) is 3.01. The fourth-order valence-corrected chi connectivity index (χ4v) is 5.65. The molecule has 3 rings (SSSR count). The number of aromatic amines is 1. The van der Waals surface area contributed by atoms with Crippen LogP contribution in [0.2, 0.25) is 0 Å². The second kappa shape index (κ2) is 11.6. The van der Waals surface area contributed by atoms with Crippen LogP contribution in [0.1, 0.15) is 27.0 Å². The van der Waals surface area contributed by atoms with Gasteiger partial charge in [0.15, 0.2) is 10.0 Å². The molecule has 2 heterocycles. The van der Waals surface area contributed by atoms with E-state index in [0.717, 1.165) is 16.8 Å². The Hall–Kier alpha value is -1.99. The van der Waals surface area contributed by atoms with Crippen molar-refractivity contribution in [2.75, 3.05) is 6.61 Å². The molecule has 3 N–H and O–H groups in total. The number of ether oxygens (including phenoxy) is 2. The van der Waals surface area contributed by atoms with E-state index in [2.05, 4.69) is 26.0 Å². The summed E-state index contributed by atoms with van der Waals surface area (Å²) in [7, 11) is -4.24. The van der Waals surface area contributed by atoms with Crippen molar-refractivity contribution in [2.24, 2.45) is 0 Å². The Morgan fingerprint density at radius 2 is 1.97 bits per heavy atom. The minimum absolute atomic E-state index is 0.190. The van der Waals surface area contributed by atoms with E-state index in [0.29, 0.717) is 0 Å². The number of carbonyl (C=O) groups excluding carboxylic acids is 1. The Morgan fingerprint density at radius 1 is 1.31 bits per heavy atom. The monoisotopic (exact) mass is 609 g/mol. The van der Waals surface area contributed by atoms with Gasteiger partial charge in [0.25, 0.3) is 5.56 Å². The predicted molar refractivity (Wildman–Crippen MR) is 133 cm³/mol. The largest absolute Gasteiger partial charge is 0.462 e. The van der Waals surface area contributed by atoms with Gasteiger partial charge >= 0.3 is 19.4 Å².